The fraction of sp³-hybridized carbons (Fsp3) is 0.621. The van der Waals surface area contributed by atoms with Crippen LogP contribution in [0, 0.1) is 5.92 Å². The number of carbonyl (C=O) groups excluding carboxylic acids is 3. The highest BCUT2D eigenvalue weighted by molar-refractivity contribution is 7.51. The maximum Gasteiger partial charge on any atom is 0.363 e. The van der Waals surface area contributed by atoms with Crippen LogP contribution in [0.3, 0.4) is 0 Å². The number of aliphatic hydroxyl groups excluding tert-OH is 1. The Labute approximate surface area is 254 Å². The maximum atomic E-state index is 14.3. The summed E-state index contributed by atoms with van der Waals surface area (Å²) in [6.07, 6.45) is 3.51. The maximum absolute atomic E-state index is 14.3. The molecule has 11 nitrogen and oxygen atoms in total. The van der Waals surface area contributed by atoms with E-state index in [0.717, 1.165) is 30.6 Å². The van der Waals surface area contributed by atoms with Gasteiger partial charge in [0.25, 0.3) is 5.91 Å². The molecule has 3 amide bonds. The Morgan fingerprint density at radius 1 is 1.16 bits per heavy atom. The van der Waals surface area contributed by atoms with Gasteiger partial charge >= 0.3 is 7.60 Å². The molecule has 3 unspecified atom stereocenters. The van der Waals surface area contributed by atoms with Crippen LogP contribution >= 0.6 is 18.9 Å². The Bertz CT molecular complexity index is 1410. The molecular formula is C29H40FN4O7PS. The van der Waals surface area contributed by atoms with Crippen LogP contribution in [0.5, 0.6) is 0 Å². The Hall–Kier alpha value is -2.41. The predicted octanol–water partition coefficient (Wildman–Crippen LogP) is 2.90. The van der Waals surface area contributed by atoms with Crippen molar-refractivity contribution in [3.8, 4) is 0 Å². The summed E-state index contributed by atoms with van der Waals surface area (Å²) in [5.74, 6) is -3.22. The Morgan fingerprint density at radius 3 is 2.58 bits per heavy atom. The highest BCUT2D eigenvalue weighted by Gasteiger charge is 2.50. The van der Waals surface area contributed by atoms with Crippen molar-refractivity contribution in [2.45, 2.75) is 88.1 Å². The van der Waals surface area contributed by atoms with Gasteiger partial charge in [0.2, 0.25) is 17.7 Å². The molecule has 5 rings (SSSR count). The third-order valence-electron chi connectivity index (χ3n) is 9.22. The van der Waals surface area contributed by atoms with Crippen molar-refractivity contribution in [3.63, 3.8) is 0 Å². The van der Waals surface area contributed by atoms with Gasteiger partial charge in [-0.05, 0) is 55.0 Å². The van der Waals surface area contributed by atoms with Crippen LogP contribution in [0.15, 0.2) is 24.3 Å². The van der Waals surface area contributed by atoms with E-state index in [1.807, 2.05) is 7.05 Å². The van der Waals surface area contributed by atoms with E-state index in [4.69, 9.17) is 0 Å². The second kappa shape index (κ2) is 12.9. The van der Waals surface area contributed by atoms with Crippen molar-refractivity contribution < 1.29 is 38.2 Å². The molecule has 3 aliphatic heterocycles. The molecule has 236 valence electrons. The molecule has 14 heteroatoms. The summed E-state index contributed by atoms with van der Waals surface area (Å²) < 4.78 is 26.3. The number of carbonyl (C=O) groups is 3. The number of likely N-dealkylation sites (tertiary alicyclic amines) is 1. The summed E-state index contributed by atoms with van der Waals surface area (Å²) >= 11 is 1.12. The van der Waals surface area contributed by atoms with Crippen LogP contribution in [0.2, 0.25) is 0 Å². The largest absolute Gasteiger partial charge is 0.391 e. The molecule has 1 aromatic heterocycles. The monoisotopic (exact) mass is 638 g/mol. The topological polar surface area (TPSA) is 160 Å². The third kappa shape index (κ3) is 6.53. The van der Waals surface area contributed by atoms with Crippen molar-refractivity contribution in [1.82, 2.24) is 20.4 Å². The first-order valence-electron chi connectivity index (χ1n) is 14.9. The van der Waals surface area contributed by atoms with E-state index in [9.17, 15) is 38.2 Å². The van der Waals surface area contributed by atoms with Crippen molar-refractivity contribution in [3.05, 3.63) is 34.7 Å². The minimum atomic E-state index is -4.99. The summed E-state index contributed by atoms with van der Waals surface area (Å²) in [6, 6.07) is 3.57. The first kappa shape index (κ1) is 32.0. The normalized spacial score (nSPS) is 29.2. The number of nitrogens with zero attached hydrogens (tertiary/aromatic N) is 2. The van der Waals surface area contributed by atoms with Crippen LogP contribution in [-0.4, -0.2) is 92.8 Å². The van der Waals surface area contributed by atoms with E-state index >= 15 is 0 Å². The number of likely N-dealkylation sites (N-methyl/N-ethyl adjacent to an activating group) is 1. The molecule has 3 saturated heterocycles. The van der Waals surface area contributed by atoms with E-state index < -0.39 is 43.6 Å². The van der Waals surface area contributed by atoms with Crippen LogP contribution in [0.4, 0.5) is 4.39 Å². The molecule has 3 aliphatic rings. The third-order valence-corrected chi connectivity index (χ3v) is 11.2. The Morgan fingerprint density at radius 2 is 1.91 bits per heavy atom. The number of benzene rings is 1. The van der Waals surface area contributed by atoms with Crippen molar-refractivity contribution in [1.29, 1.82) is 0 Å². The van der Waals surface area contributed by atoms with E-state index in [1.54, 1.807) is 4.90 Å². The van der Waals surface area contributed by atoms with Gasteiger partial charge in [-0.2, -0.15) is 0 Å². The van der Waals surface area contributed by atoms with E-state index in [-0.39, 0.29) is 34.7 Å². The molecule has 1 aromatic carbocycles. The first-order chi connectivity index (χ1) is 20.4. The van der Waals surface area contributed by atoms with Gasteiger partial charge in [-0.25, -0.2) is 4.39 Å². The van der Waals surface area contributed by atoms with Crippen molar-refractivity contribution in [2.75, 3.05) is 20.1 Å². The van der Waals surface area contributed by atoms with E-state index in [2.05, 4.69) is 17.6 Å². The molecule has 0 radical (unpaired) electrons. The molecule has 0 saturated carbocycles. The van der Waals surface area contributed by atoms with E-state index in [1.165, 1.54) is 29.2 Å². The first-order valence-corrected chi connectivity index (χ1v) is 17.4. The van der Waals surface area contributed by atoms with Gasteiger partial charge in [-0.1, -0.05) is 38.7 Å². The fourth-order valence-corrected chi connectivity index (χ4v) is 8.34. The molecule has 0 bridgehead atoms. The lowest BCUT2D eigenvalue weighted by atomic mass is 10.0. The summed E-state index contributed by atoms with van der Waals surface area (Å²) in [5, 5.41) is 17.6. The summed E-state index contributed by atoms with van der Waals surface area (Å²) in [4.78, 5) is 63.4. The molecule has 2 aromatic rings. The molecule has 0 aliphatic carbocycles. The molecule has 3 fully saturated rings. The second-order valence-electron chi connectivity index (χ2n) is 11.9. The zero-order chi connectivity index (χ0) is 31.1. The van der Waals surface area contributed by atoms with Crippen molar-refractivity contribution >= 4 is 46.7 Å². The van der Waals surface area contributed by atoms with Crippen molar-refractivity contribution in [2.24, 2.45) is 5.92 Å². The lowest BCUT2D eigenvalue weighted by Gasteiger charge is -2.34. The van der Waals surface area contributed by atoms with E-state index in [0.29, 0.717) is 48.4 Å². The number of nitrogens with one attached hydrogen (secondary N) is 2. The molecular weight excluding hydrogens is 598 g/mol. The zero-order valence-corrected chi connectivity index (χ0v) is 26.0. The van der Waals surface area contributed by atoms with Gasteiger partial charge < -0.3 is 35.3 Å². The van der Waals surface area contributed by atoms with Crippen LogP contribution in [0.1, 0.15) is 73.0 Å². The molecule has 0 spiro atoms. The number of hydrogen-bond acceptors (Lipinski definition) is 7. The SMILES string of the molecule is CCC1CN(C(=O)[C@@H]2C[C@@H](O)[C@@H]3CCCCC[C@H](NC(=O)c4cc5cc(C(F)P(=O)(O)O)ccc5s4)C(=O)N23)CC1NC. The minimum Gasteiger partial charge on any atom is -0.391 e. The van der Waals surface area contributed by atoms with Gasteiger partial charge in [0.15, 0.2) is 0 Å². The predicted molar refractivity (Wildman–Crippen MR) is 160 cm³/mol. The van der Waals surface area contributed by atoms with Gasteiger partial charge in [-0.15, -0.1) is 11.3 Å². The molecule has 4 heterocycles. The number of hydrogen-bond donors (Lipinski definition) is 5. The standard InChI is InChI=1S/C29H40FN4O7PS/c1-3-16-14-33(15-20(16)31-2)29(38)22-13-23(35)21-8-6-4-5-7-19(28(37)34(21)22)32-27(36)25-12-18-11-17(9-10-24(18)43-25)26(30)42(39,40)41/h9-12,16,19-23,26,31,35H,3-8,13-15H2,1-2H3,(H,32,36)(H2,39,40,41)/t16?,19-,20?,21-,22-,23+,26?/m0/s1. The summed E-state index contributed by atoms with van der Waals surface area (Å²) in [7, 11) is -3.11. The van der Waals surface area contributed by atoms with Crippen LogP contribution < -0.4 is 10.6 Å². The Balaban J connectivity index is 1.36. The number of halogens is 1. The molecule has 7 atom stereocenters. The molecule has 43 heavy (non-hydrogen) atoms. The van der Waals surface area contributed by atoms with Gasteiger partial charge in [-0.3, -0.25) is 18.9 Å². The lowest BCUT2D eigenvalue weighted by molar-refractivity contribution is -0.146. The number of amides is 3. The number of alkyl halides is 1. The fourth-order valence-electron chi connectivity index (χ4n) is 6.85. The van der Waals surface area contributed by atoms with Gasteiger partial charge in [0.1, 0.15) is 12.1 Å². The minimum absolute atomic E-state index is 0.163. The zero-order valence-electron chi connectivity index (χ0n) is 24.3. The highest BCUT2D eigenvalue weighted by Crippen LogP contribution is 2.53. The van der Waals surface area contributed by atoms with Crippen LogP contribution in [-0.2, 0) is 14.2 Å². The average molecular weight is 639 g/mol. The number of aliphatic hydroxyl groups is 1. The van der Waals surface area contributed by atoms with Gasteiger partial charge in [0.05, 0.1) is 17.0 Å². The van der Waals surface area contributed by atoms with Gasteiger partial charge in [0, 0.05) is 30.3 Å². The highest BCUT2D eigenvalue weighted by atomic mass is 32.1. The second-order valence-corrected chi connectivity index (χ2v) is 14.7. The summed E-state index contributed by atoms with van der Waals surface area (Å²) in [6.45, 7) is 3.22. The molecule has 5 N–H and O–H groups in total. The number of fused-ring (bicyclic) bond motifs is 2. The number of thiophene rings is 1. The summed E-state index contributed by atoms with van der Waals surface area (Å²) in [5.41, 5.74) is -0.185. The smallest absolute Gasteiger partial charge is 0.363 e. The van der Waals surface area contributed by atoms with Crippen LogP contribution in [0.25, 0.3) is 10.1 Å². The average Bonchev–Trinajstić information content (AvgIpc) is 3.69. The quantitative estimate of drug-likeness (QED) is 0.290. The lowest BCUT2D eigenvalue weighted by Crippen LogP contribution is -2.56. The number of rotatable bonds is 7. The Kier molecular flexibility index (Phi) is 9.60.